The predicted molar refractivity (Wildman–Crippen MR) is 111 cm³/mol. The maximum atomic E-state index is 13.1. The molecule has 0 spiro atoms. The fourth-order valence-electron chi connectivity index (χ4n) is 2.66. The van der Waals surface area contributed by atoms with Gasteiger partial charge in [0.05, 0.1) is 5.56 Å². The molecule has 0 unspecified atom stereocenters. The number of nitrogens with zero attached hydrogens (tertiary/aromatic N) is 1. The fraction of sp³-hybridized carbons (Fsp3) is 0.364. The molecule has 2 aromatic carbocycles. The number of amides is 3. The first-order valence-corrected chi connectivity index (χ1v) is 9.48. The molecule has 0 fully saturated rings. The number of halogens is 3. The molecular formula is C22H26F3N3O2. The summed E-state index contributed by atoms with van der Waals surface area (Å²) < 4.78 is 39.4. The van der Waals surface area contributed by atoms with Crippen molar-refractivity contribution in [2.24, 2.45) is 5.41 Å². The van der Waals surface area contributed by atoms with Crippen molar-refractivity contribution in [3.63, 3.8) is 0 Å². The number of nitrogens with one attached hydrogen (secondary N) is 2. The predicted octanol–water partition coefficient (Wildman–Crippen LogP) is 5.21. The van der Waals surface area contributed by atoms with Crippen molar-refractivity contribution in [3.05, 3.63) is 59.7 Å². The Kier molecular flexibility index (Phi) is 7.12. The van der Waals surface area contributed by atoms with Gasteiger partial charge in [-0.25, -0.2) is 4.79 Å². The number of benzene rings is 2. The summed E-state index contributed by atoms with van der Waals surface area (Å²) in [6, 6.07) is 11.0. The number of hydrogen-bond donors (Lipinski definition) is 2. The maximum absolute atomic E-state index is 13.1. The highest BCUT2D eigenvalue weighted by Gasteiger charge is 2.31. The number of rotatable bonds is 5. The largest absolute Gasteiger partial charge is 0.416 e. The molecule has 5 nitrogen and oxygen atoms in total. The summed E-state index contributed by atoms with van der Waals surface area (Å²) in [5.74, 6) is -0.217. The van der Waals surface area contributed by atoms with Gasteiger partial charge in [0.25, 0.3) is 0 Å². The minimum absolute atomic E-state index is 0.000773. The van der Waals surface area contributed by atoms with Crippen molar-refractivity contribution >= 4 is 23.3 Å². The average Bonchev–Trinajstić information content (AvgIpc) is 2.63. The first-order chi connectivity index (χ1) is 13.9. The zero-order chi connectivity index (χ0) is 22.5. The van der Waals surface area contributed by atoms with E-state index < -0.39 is 23.2 Å². The van der Waals surface area contributed by atoms with Gasteiger partial charge >= 0.3 is 12.2 Å². The van der Waals surface area contributed by atoms with E-state index in [-0.39, 0.29) is 24.7 Å². The monoisotopic (exact) mass is 421 g/mol. The van der Waals surface area contributed by atoms with Crippen LogP contribution in [0, 0.1) is 12.3 Å². The maximum Gasteiger partial charge on any atom is 0.416 e. The minimum atomic E-state index is -4.53. The Morgan fingerprint density at radius 2 is 1.67 bits per heavy atom. The molecule has 0 aliphatic heterocycles. The molecule has 0 aromatic heterocycles. The summed E-state index contributed by atoms with van der Waals surface area (Å²) in [5, 5.41) is 5.41. The molecule has 2 rings (SSSR count). The number of carbonyl (C=O) groups excluding carboxylic acids is 2. The third-order valence-corrected chi connectivity index (χ3v) is 4.30. The Morgan fingerprint density at radius 1 is 1.00 bits per heavy atom. The lowest BCUT2D eigenvalue weighted by Crippen LogP contribution is -2.43. The average molecular weight is 421 g/mol. The minimum Gasteiger partial charge on any atom is -0.354 e. The lowest BCUT2D eigenvalue weighted by atomic mass is 9.96. The van der Waals surface area contributed by atoms with Crippen LogP contribution in [0.25, 0.3) is 0 Å². The summed E-state index contributed by atoms with van der Waals surface area (Å²) >= 11 is 0. The third kappa shape index (κ3) is 6.50. The Labute approximate surface area is 174 Å². The van der Waals surface area contributed by atoms with Gasteiger partial charge in [0.15, 0.2) is 0 Å². The van der Waals surface area contributed by atoms with E-state index in [4.69, 9.17) is 0 Å². The van der Waals surface area contributed by atoms with Gasteiger partial charge in [0.2, 0.25) is 5.91 Å². The normalized spacial score (nSPS) is 11.7. The molecule has 2 aromatic rings. The lowest BCUT2D eigenvalue weighted by molar-refractivity contribution is -0.137. The van der Waals surface area contributed by atoms with Gasteiger partial charge in [-0.3, -0.25) is 9.69 Å². The van der Waals surface area contributed by atoms with Crippen molar-refractivity contribution < 1.29 is 22.8 Å². The van der Waals surface area contributed by atoms with Crippen molar-refractivity contribution in [2.45, 2.75) is 33.9 Å². The van der Waals surface area contributed by atoms with E-state index in [9.17, 15) is 22.8 Å². The van der Waals surface area contributed by atoms with E-state index in [1.807, 2.05) is 13.0 Å². The number of alkyl halides is 3. The lowest BCUT2D eigenvalue weighted by Gasteiger charge is -2.25. The Hall–Kier alpha value is -3.03. The van der Waals surface area contributed by atoms with Gasteiger partial charge in [0.1, 0.15) is 0 Å². The fourth-order valence-corrected chi connectivity index (χ4v) is 2.66. The Bertz CT molecular complexity index is 905. The molecule has 0 atom stereocenters. The number of carbonyl (C=O) groups is 2. The second-order valence-corrected chi connectivity index (χ2v) is 8.01. The first-order valence-electron chi connectivity index (χ1n) is 9.48. The van der Waals surface area contributed by atoms with Crippen LogP contribution in [0.1, 0.15) is 31.9 Å². The van der Waals surface area contributed by atoms with E-state index >= 15 is 0 Å². The number of hydrogen-bond acceptors (Lipinski definition) is 2. The summed E-state index contributed by atoms with van der Waals surface area (Å²) in [6.45, 7) is 7.20. The van der Waals surface area contributed by atoms with E-state index in [2.05, 4.69) is 10.6 Å². The summed E-state index contributed by atoms with van der Waals surface area (Å²) in [7, 11) is 0. The SMILES string of the molecule is Cc1cccc(NC(=O)N(CCNC(=O)C(C)(C)C)c2cccc(C(F)(F)F)c2)c1. The van der Waals surface area contributed by atoms with Crippen molar-refractivity contribution in [3.8, 4) is 0 Å². The van der Waals surface area contributed by atoms with Crippen molar-refractivity contribution in [2.75, 3.05) is 23.3 Å². The number of aryl methyl sites for hydroxylation is 1. The topological polar surface area (TPSA) is 61.4 Å². The van der Waals surface area contributed by atoms with Crippen molar-refractivity contribution in [1.82, 2.24) is 5.32 Å². The zero-order valence-electron chi connectivity index (χ0n) is 17.4. The molecule has 0 saturated heterocycles. The highest BCUT2D eigenvalue weighted by Crippen LogP contribution is 2.31. The summed E-state index contributed by atoms with van der Waals surface area (Å²) in [6.07, 6.45) is -4.53. The van der Waals surface area contributed by atoms with E-state index in [0.29, 0.717) is 5.69 Å². The van der Waals surface area contributed by atoms with E-state index in [1.165, 1.54) is 17.0 Å². The van der Waals surface area contributed by atoms with Gasteiger partial charge in [-0.15, -0.1) is 0 Å². The molecule has 0 aliphatic carbocycles. The highest BCUT2D eigenvalue weighted by molar-refractivity contribution is 6.01. The van der Waals surface area contributed by atoms with Crippen LogP contribution in [0.5, 0.6) is 0 Å². The summed E-state index contributed by atoms with van der Waals surface area (Å²) in [5.41, 5.74) is 0.0591. The molecule has 0 aliphatic rings. The van der Waals surface area contributed by atoms with Crippen LogP contribution in [0.3, 0.4) is 0 Å². The molecule has 0 saturated carbocycles. The molecular weight excluding hydrogens is 395 g/mol. The quantitative estimate of drug-likeness (QED) is 0.696. The second kappa shape index (κ2) is 9.19. The highest BCUT2D eigenvalue weighted by atomic mass is 19.4. The number of anilines is 2. The molecule has 2 N–H and O–H groups in total. The van der Waals surface area contributed by atoms with Gasteiger partial charge in [0, 0.05) is 29.9 Å². The second-order valence-electron chi connectivity index (χ2n) is 8.01. The van der Waals surface area contributed by atoms with Crippen LogP contribution in [0.15, 0.2) is 48.5 Å². The smallest absolute Gasteiger partial charge is 0.354 e. The van der Waals surface area contributed by atoms with Crippen molar-refractivity contribution in [1.29, 1.82) is 0 Å². The van der Waals surface area contributed by atoms with Crippen LogP contribution in [0.4, 0.5) is 29.3 Å². The van der Waals surface area contributed by atoms with E-state index in [0.717, 1.165) is 17.7 Å². The van der Waals surface area contributed by atoms with Gasteiger partial charge in [-0.05, 0) is 42.8 Å². The third-order valence-electron chi connectivity index (χ3n) is 4.30. The molecule has 8 heteroatoms. The van der Waals surface area contributed by atoms with Crippen LogP contribution >= 0.6 is 0 Å². The van der Waals surface area contributed by atoms with Gasteiger partial charge < -0.3 is 10.6 Å². The van der Waals surface area contributed by atoms with Crippen LogP contribution in [0.2, 0.25) is 0 Å². The Morgan fingerprint density at radius 3 is 2.27 bits per heavy atom. The van der Waals surface area contributed by atoms with Gasteiger partial charge in [-0.2, -0.15) is 13.2 Å². The first kappa shape index (κ1) is 23.3. The summed E-state index contributed by atoms with van der Waals surface area (Å²) in [4.78, 5) is 26.1. The molecule has 3 amide bonds. The Balaban J connectivity index is 2.25. The van der Waals surface area contributed by atoms with Crippen LogP contribution in [-0.4, -0.2) is 25.0 Å². The molecule has 0 bridgehead atoms. The van der Waals surface area contributed by atoms with Gasteiger partial charge in [-0.1, -0.05) is 39.0 Å². The van der Waals surface area contributed by atoms with Crippen LogP contribution in [-0.2, 0) is 11.0 Å². The number of urea groups is 1. The standard InChI is InChI=1S/C22H26F3N3O2/c1-15-7-5-9-17(13-15)27-20(30)28(12-11-26-19(29)21(2,3)4)18-10-6-8-16(14-18)22(23,24)25/h5-10,13-14H,11-12H2,1-4H3,(H,26,29)(H,27,30). The molecule has 30 heavy (non-hydrogen) atoms. The molecule has 0 radical (unpaired) electrons. The van der Waals surface area contributed by atoms with E-state index in [1.54, 1.807) is 39.0 Å². The zero-order valence-corrected chi connectivity index (χ0v) is 17.4. The van der Waals surface area contributed by atoms with Crippen LogP contribution < -0.4 is 15.5 Å². The molecule has 162 valence electrons. The molecule has 0 heterocycles.